The lowest BCUT2D eigenvalue weighted by molar-refractivity contribution is -0.145. The van der Waals surface area contributed by atoms with Gasteiger partial charge in [0.05, 0.1) is 45.5 Å². The zero-order valence-corrected chi connectivity index (χ0v) is 16.5. The molecule has 1 aromatic rings. The van der Waals surface area contributed by atoms with Crippen LogP contribution in [0.3, 0.4) is 0 Å². The molecular formula is C15H18Cl4N2O3. The topological polar surface area (TPSA) is 58.6 Å². The third kappa shape index (κ3) is 5.97. The molecule has 0 aliphatic carbocycles. The molecule has 0 aromatic heterocycles. The fraction of sp³-hybridized carbons (Fsp3) is 0.467. The van der Waals surface area contributed by atoms with Gasteiger partial charge in [-0.1, -0.05) is 46.4 Å². The highest BCUT2D eigenvalue weighted by Gasteiger charge is 2.21. The summed E-state index contributed by atoms with van der Waals surface area (Å²) in [6.07, 6.45) is 0. The van der Waals surface area contributed by atoms with Gasteiger partial charge < -0.3 is 10.1 Å². The van der Waals surface area contributed by atoms with E-state index in [1.165, 1.54) is 6.07 Å². The largest absolute Gasteiger partial charge is 0.465 e. The maximum Gasteiger partial charge on any atom is 0.320 e. The van der Waals surface area contributed by atoms with Crippen LogP contribution in [-0.2, 0) is 14.3 Å². The predicted octanol–water partition coefficient (Wildman–Crippen LogP) is 4.51. The van der Waals surface area contributed by atoms with Gasteiger partial charge in [0.1, 0.15) is 0 Å². The quantitative estimate of drug-likeness (QED) is 0.525. The van der Waals surface area contributed by atoms with E-state index in [-0.39, 0.29) is 51.5 Å². The van der Waals surface area contributed by atoms with Gasteiger partial charge in [-0.05, 0) is 26.8 Å². The molecule has 24 heavy (non-hydrogen) atoms. The summed E-state index contributed by atoms with van der Waals surface area (Å²) < 4.78 is 4.90. The second kappa shape index (κ2) is 9.68. The fourth-order valence-corrected chi connectivity index (χ4v) is 2.74. The maximum atomic E-state index is 12.3. The highest BCUT2D eigenvalue weighted by atomic mass is 35.5. The average molecular weight is 416 g/mol. The molecule has 134 valence electrons. The third-order valence-corrected chi connectivity index (χ3v) is 4.67. The van der Waals surface area contributed by atoms with Crippen LogP contribution in [0.25, 0.3) is 0 Å². The molecule has 0 aliphatic heterocycles. The zero-order chi connectivity index (χ0) is 18.4. The number of halogens is 4. The first-order valence-corrected chi connectivity index (χ1v) is 8.71. The molecule has 0 unspecified atom stereocenters. The first-order chi connectivity index (χ1) is 11.2. The van der Waals surface area contributed by atoms with Gasteiger partial charge in [0.2, 0.25) is 5.91 Å². The summed E-state index contributed by atoms with van der Waals surface area (Å²) in [4.78, 5) is 25.6. The van der Waals surface area contributed by atoms with Gasteiger partial charge in [-0.25, -0.2) is 0 Å². The second-order valence-electron chi connectivity index (χ2n) is 5.20. The summed E-state index contributed by atoms with van der Waals surface area (Å²) in [6, 6.07) is 1.35. The van der Waals surface area contributed by atoms with Gasteiger partial charge in [0, 0.05) is 6.04 Å². The van der Waals surface area contributed by atoms with Crippen molar-refractivity contribution in [3.63, 3.8) is 0 Å². The van der Waals surface area contributed by atoms with E-state index in [0.717, 1.165) is 0 Å². The van der Waals surface area contributed by atoms with E-state index in [1.54, 1.807) is 11.8 Å². The standard InChI is InChI=1S/C15H18Cl4N2O3/c1-4-24-12(23)7-21(8(2)3)6-11(22)20-15-13(18)9(16)5-10(17)14(15)19/h5,8H,4,6-7H2,1-3H3,(H,20,22). The number of hydrogen-bond acceptors (Lipinski definition) is 4. The fourth-order valence-electron chi connectivity index (χ4n) is 1.84. The van der Waals surface area contributed by atoms with Crippen LogP contribution in [0, 0.1) is 0 Å². The summed E-state index contributed by atoms with van der Waals surface area (Å²) in [5.74, 6) is -0.809. The Bertz CT molecular complexity index is 597. The zero-order valence-electron chi connectivity index (χ0n) is 13.5. The van der Waals surface area contributed by atoms with Gasteiger partial charge in [-0.15, -0.1) is 0 Å². The van der Waals surface area contributed by atoms with Crippen LogP contribution >= 0.6 is 46.4 Å². The summed E-state index contributed by atoms with van der Waals surface area (Å²) >= 11 is 24.0. The van der Waals surface area contributed by atoms with Crippen molar-refractivity contribution in [3.05, 3.63) is 26.2 Å². The highest BCUT2D eigenvalue weighted by Crippen LogP contribution is 2.40. The number of carbonyl (C=O) groups excluding carboxylic acids is 2. The molecule has 0 spiro atoms. The Morgan fingerprint density at radius 2 is 1.67 bits per heavy atom. The molecule has 1 rings (SSSR count). The lowest BCUT2D eigenvalue weighted by atomic mass is 10.3. The van der Waals surface area contributed by atoms with E-state index in [1.807, 2.05) is 13.8 Å². The number of benzene rings is 1. The summed E-state index contributed by atoms with van der Waals surface area (Å²) in [5.41, 5.74) is 0.140. The molecule has 0 aliphatic rings. The number of nitrogens with zero attached hydrogens (tertiary/aromatic N) is 1. The van der Waals surface area contributed by atoms with E-state index in [4.69, 9.17) is 51.1 Å². The van der Waals surface area contributed by atoms with E-state index >= 15 is 0 Å². The Morgan fingerprint density at radius 1 is 1.12 bits per heavy atom. The number of esters is 1. The van der Waals surface area contributed by atoms with E-state index < -0.39 is 11.9 Å². The number of ether oxygens (including phenoxy) is 1. The van der Waals surface area contributed by atoms with Crippen LogP contribution in [0.4, 0.5) is 5.69 Å². The lowest BCUT2D eigenvalue weighted by Crippen LogP contribution is -2.41. The Morgan fingerprint density at radius 3 is 2.12 bits per heavy atom. The lowest BCUT2D eigenvalue weighted by Gasteiger charge is -2.25. The van der Waals surface area contributed by atoms with Crippen LogP contribution in [0.1, 0.15) is 20.8 Å². The Balaban J connectivity index is 2.86. The molecule has 0 saturated heterocycles. The number of rotatable bonds is 7. The molecule has 0 atom stereocenters. The van der Waals surface area contributed by atoms with Gasteiger partial charge in [-0.2, -0.15) is 0 Å². The number of anilines is 1. The van der Waals surface area contributed by atoms with E-state index in [9.17, 15) is 9.59 Å². The summed E-state index contributed by atoms with van der Waals surface area (Å²) in [7, 11) is 0. The third-order valence-electron chi connectivity index (χ3n) is 3.09. The molecule has 0 bridgehead atoms. The van der Waals surface area contributed by atoms with Crippen molar-refractivity contribution in [2.24, 2.45) is 0 Å². The van der Waals surface area contributed by atoms with Crippen molar-refractivity contribution < 1.29 is 14.3 Å². The van der Waals surface area contributed by atoms with Gasteiger partial charge >= 0.3 is 5.97 Å². The minimum atomic E-state index is -0.407. The van der Waals surface area contributed by atoms with Gasteiger partial charge in [-0.3, -0.25) is 14.5 Å². The number of hydrogen-bond donors (Lipinski definition) is 1. The van der Waals surface area contributed by atoms with Crippen LogP contribution in [0.2, 0.25) is 20.1 Å². The van der Waals surface area contributed by atoms with Crippen molar-refractivity contribution in [2.75, 3.05) is 25.0 Å². The van der Waals surface area contributed by atoms with Gasteiger partial charge in [0.15, 0.2) is 0 Å². The minimum Gasteiger partial charge on any atom is -0.465 e. The van der Waals surface area contributed by atoms with Gasteiger partial charge in [0.25, 0.3) is 0 Å². The first kappa shape index (κ1) is 21.3. The molecule has 0 fully saturated rings. The molecule has 5 nitrogen and oxygen atoms in total. The molecule has 9 heteroatoms. The van der Waals surface area contributed by atoms with Crippen LogP contribution in [-0.4, -0.2) is 42.5 Å². The van der Waals surface area contributed by atoms with Crippen LogP contribution < -0.4 is 5.32 Å². The molecular weight excluding hydrogens is 398 g/mol. The molecule has 0 saturated carbocycles. The Hall–Kier alpha value is -0.720. The van der Waals surface area contributed by atoms with Crippen molar-refractivity contribution in [3.8, 4) is 0 Å². The SMILES string of the molecule is CCOC(=O)CN(CC(=O)Nc1c(Cl)c(Cl)cc(Cl)c1Cl)C(C)C. The molecule has 1 amide bonds. The monoisotopic (exact) mass is 414 g/mol. The normalized spacial score (nSPS) is 11.0. The molecule has 0 heterocycles. The van der Waals surface area contributed by atoms with Crippen molar-refractivity contribution in [1.29, 1.82) is 0 Å². The van der Waals surface area contributed by atoms with Crippen LogP contribution in [0.15, 0.2) is 6.07 Å². The molecule has 1 N–H and O–H groups in total. The maximum absolute atomic E-state index is 12.3. The number of nitrogens with one attached hydrogen (secondary N) is 1. The van der Waals surface area contributed by atoms with Crippen molar-refractivity contribution in [2.45, 2.75) is 26.8 Å². The average Bonchev–Trinajstić information content (AvgIpc) is 2.49. The molecule has 1 aromatic carbocycles. The second-order valence-corrected chi connectivity index (χ2v) is 6.77. The van der Waals surface area contributed by atoms with Crippen molar-refractivity contribution in [1.82, 2.24) is 4.90 Å². The predicted molar refractivity (Wildman–Crippen MR) is 98.5 cm³/mol. The minimum absolute atomic E-state index is 0.00328. The molecule has 0 radical (unpaired) electrons. The highest BCUT2D eigenvalue weighted by molar-refractivity contribution is 6.50. The number of amides is 1. The Kier molecular flexibility index (Phi) is 8.60. The summed E-state index contributed by atoms with van der Waals surface area (Å²) in [6.45, 7) is 5.68. The smallest absolute Gasteiger partial charge is 0.320 e. The summed E-state index contributed by atoms with van der Waals surface area (Å²) in [5, 5.41) is 3.13. The number of carbonyl (C=O) groups is 2. The first-order valence-electron chi connectivity index (χ1n) is 7.19. The van der Waals surface area contributed by atoms with Crippen molar-refractivity contribution >= 4 is 64.0 Å². The van der Waals surface area contributed by atoms with E-state index in [2.05, 4.69) is 5.32 Å². The van der Waals surface area contributed by atoms with E-state index in [0.29, 0.717) is 0 Å². The Labute approximate surface area is 161 Å². The van der Waals surface area contributed by atoms with Crippen LogP contribution in [0.5, 0.6) is 0 Å².